The largest absolute Gasteiger partial charge is 0.337 e. The van der Waals surface area contributed by atoms with E-state index in [9.17, 15) is 22.8 Å². The number of likely N-dealkylation sites (tertiary alicyclic amines) is 2. The topological polar surface area (TPSA) is 105 Å². The SMILES string of the molecule is Cc1ccc(C(=O)C2CCN(C(=O)c3ccc(C(=O)CC4CCN(Cc5ccc(S(C)(=O)=O)cc5)CC4)cn3)CC2)cc1. The minimum absolute atomic E-state index is 0.0387. The highest BCUT2D eigenvalue weighted by atomic mass is 32.2. The molecular formula is C34H39N3O5S. The van der Waals surface area contributed by atoms with Crippen LogP contribution in [0.4, 0.5) is 0 Å². The van der Waals surface area contributed by atoms with Crippen molar-refractivity contribution in [2.75, 3.05) is 32.4 Å². The minimum atomic E-state index is -3.20. The van der Waals surface area contributed by atoms with Gasteiger partial charge in [0.05, 0.1) is 4.90 Å². The Hall–Kier alpha value is -3.69. The molecule has 226 valence electrons. The van der Waals surface area contributed by atoms with Crippen molar-refractivity contribution in [1.29, 1.82) is 0 Å². The maximum Gasteiger partial charge on any atom is 0.272 e. The number of carbonyl (C=O) groups is 3. The van der Waals surface area contributed by atoms with Gasteiger partial charge in [-0.25, -0.2) is 8.42 Å². The van der Waals surface area contributed by atoms with Crippen LogP contribution in [0.15, 0.2) is 71.8 Å². The van der Waals surface area contributed by atoms with E-state index in [0.29, 0.717) is 54.4 Å². The molecular weight excluding hydrogens is 562 g/mol. The van der Waals surface area contributed by atoms with E-state index in [1.165, 1.54) is 12.5 Å². The van der Waals surface area contributed by atoms with Gasteiger partial charge in [0.15, 0.2) is 21.4 Å². The maximum atomic E-state index is 13.1. The first-order valence-electron chi connectivity index (χ1n) is 15.0. The molecule has 8 nitrogen and oxygen atoms in total. The predicted octanol–water partition coefficient (Wildman–Crippen LogP) is 5.01. The Labute approximate surface area is 254 Å². The summed E-state index contributed by atoms with van der Waals surface area (Å²) in [4.78, 5) is 47.7. The van der Waals surface area contributed by atoms with Gasteiger partial charge < -0.3 is 4.90 Å². The van der Waals surface area contributed by atoms with Gasteiger partial charge in [-0.1, -0.05) is 42.0 Å². The average molecular weight is 602 g/mol. The molecule has 0 aliphatic carbocycles. The fourth-order valence-electron chi connectivity index (χ4n) is 5.97. The number of carbonyl (C=O) groups excluding carboxylic acids is 3. The normalized spacial score (nSPS) is 17.1. The van der Waals surface area contributed by atoms with Crippen LogP contribution in [0, 0.1) is 18.8 Å². The van der Waals surface area contributed by atoms with Crippen molar-refractivity contribution in [3.05, 3.63) is 94.8 Å². The molecule has 0 radical (unpaired) electrons. The third-order valence-corrected chi connectivity index (χ3v) is 9.86. The summed E-state index contributed by atoms with van der Waals surface area (Å²) < 4.78 is 23.4. The summed E-state index contributed by atoms with van der Waals surface area (Å²) in [5.41, 5.74) is 3.75. The van der Waals surface area contributed by atoms with Crippen LogP contribution < -0.4 is 0 Å². The minimum Gasteiger partial charge on any atom is -0.337 e. The standard InChI is InChI=1S/C34H39N3O5S/c1-24-3-7-27(8-4-24)33(39)28-15-19-37(20-16-28)34(40)31-12-9-29(22-35-31)32(38)21-25-13-17-36(18-14-25)23-26-5-10-30(11-6-26)43(2,41)42/h3-12,22,25,28H,13-21,23H2,1-2H3. The van der Waals surface area contributed by atoms with Gasteiger partial charge in [-0.15, -0.1) is 0 Å². The average Bonchev–Trinajstić information content (AvgIpc) is 3.01. The van der Waals surface area contributed by atoms with Crippen LogP contribution in [0.5, 0.6) is 0 Å². The van der Waals surface area contributed by atoms with Gasteiger partial charge in [0, 0.05) is 55.6 Å². The molecule has 0 atom stereocenters. The summed E-state index contributed by atoms with van der Waals surface area (Å²) in [7, 11) is -3.20. The van der Waals surface area contributed by atoms with Gasteiger partial charge in [-0.05, 0) is 81.4 Å². The highest BCUT2D eigenvalue weighted by molar-refractivity contribution is 7.90. The quantitative estimate of drug-likeness (QED) is 0.318. The fraction of sp³-hybridized carbons (Fsp3) is 0.412. The monoisotopic (exact) mass is 601 g/mol. The van der Waals surface area contributed by atoms with E-state index in [1.54, 1.807) is 29.2 Å². The Balaban J connectivity index is 1.06. The molecule has 1 aromatic heterocycles. The molecule has 2 aliphatic heterocycles. The van der Waals surface area contributed by atoms with Crippen LogP contribution >= 0.6 is 0 Å². The number of piperidine rings is 2. The van der Waals surface area contributed by atoms with Crippen LogP contribution in [-0.2, 0) is 16.4 Å². The number of benzene rings is 2. The lowest BCUT2D eigenvalue weighted by molar-refractivity contribution is 0.0645. The molecule has 1 amide bonds. The summed E-state index contributed by atoms with van der Waals surface area (Å²) in [5.74, 6) is 0.219. The molecule has 2 aromatic carbocycles. The first kappa shape index (κ1) is 30.8. The highest BCUT2D eigenvalue weighted by Gasteiger charge is 2.29. The molecule has 3 heterocycles. The van der Waals surface area contributed by atoms with E-state index in [4.69, 9.17) is 0 Å². The summed E-state index contributed by atoms with van der Waals surface area (Å²) in [5, 5.41) is 0. The Bertz CT molecular complexity index is 1550. The van der Waals surface area contributed by atoms with E-state index in [1.807, 2.05) is 43.3 Å². The zero-order chi connectivity index (χ0) is 30.6. The van der Waals surface area contributed by atoms with Crippen LogP contribution in [-0.4, -0.2) is 73.1 Å². The van der Waals surface area contributed by atoms with Gasteiger partial charge >= 0.3 is 0 Å². The second kappa shape index (κ2) is 13.3. The molecule has 5 rings (SSSR count). The Morgan fingerprint density at radius 3 is 2.02 bits per heavy atom. The fourth-order valence-corrected chi connectivity index (χ4v) is 6.61. The second-order valence-electron chi connectivity index (χ2n) is 12.0. The first-order chi connectivity index (χ1) is 20.6. The number of nitrogens with zero attached hydrogens (tertiary/aromatic N) is 3. The Morgan fingerprint density at radius 1 is 0.814 bits per heavy atom. The third-order valence-electron chi connectivity index (χ3n) is 8.73. The van der Waals surface area contributed by atoms with Crippen LogP contribution in [0.3, 0.4) is 0 Å². The van der Waals surface area contributed by atoms with E-state index in [0.717, 1.165) is 49.2 Å². The number of sulfone groups is 1. The van der Waals surface area contributed by atoms with Crippen molar-refractivity contribution in [3.63, 3.8) is 0 Å². The van der Waals surface area contributed by atoms with Crippen molar-refractivity contribution in [1.82, 2.24) is 14.8 Å². The number of pyridine rings is 1. The molecule has 0 spiro atoms. The lowest BCUT2D eigenvalue weighted by atomic mass is 9.88. The number of aryl methyl sites for hydroxylation is 1. The summed E-state index contributed by atoms with van der Waals surface area (Å²) in [6.07, 6.45) is 6.26. The van der Waals surface area contributed by atoms with Crippen LogP contribution in [0.25, 0.3) is 0 Å². The number of hydrogen-bond acceptors (Lipinski definition) is 7. The zero-order valence-electron chi connectivity index (χ0n) is 24.9. The molecule has 9 heteroatoms. The van der Waals surface area contributed by atoms with Gasteiger partial charge in [0.2, 0.25) is 0 Å². The number of ketones is 2. The molecule has 2 saturated heterocycles. The van der Waals surface area contributed by atoms with Crippen LogP contribution in [0.2, 0.25) is 0 Å². The lowest BCUT2D eigenvalue weighted by Gasteiger charge is -2.31. The van der Waals surface area contributed by atoms with Gasteiger partial charge in [-0.2, -0.15) is 0 Å². The number of rotatable bonds is 9. The summed E-state index contributed by atoms with van der Waals surface area (Å²) in [6.45, 7) is 5.53. The van der Waals surface area contributed by atoms with E-state index in [-0.39, 0.29) is 23.4 Å². The number of hydrogen-bond donors (Lipinski definition) is 0. The predicted molar refractivity (Wildman–Crippen MR) is 165 cm³/mol. The number of Topliss-reactive ketones (excluding diaryl/α,β-unsaturated/α-hetero) is 2. The third kappa shape index (κ3) is 7.83. The number of aromatic nitrogens is 1. The van der Waals surface area contributed by atoms with E-state index < -0.39 is 9.84 Å². The smallest absolute Gasteiger partial charge is 0.272 e. The van der Waals surface area contributed by atoms with E-state index >= 15 is 0 Å². The molecule has 2 fully saturated rings. The highest BCUT2D eigenvalue weighted by Crippen LogP contribution is 2.25. The van der Waals surface area contributed by atoms with E-state index in [2.05, 4.69) is 9.88 Å². The lowest BCUT2D eigenvalue weighted by Crippen LogP contribution is -2.40. The van der Waals surface area contributed by atoms with Crippen molar-refractivity contribution < 1.29 is 22.8 Å². The Morgan fingerprint density at radius 2 is 1.44 bits per heavy atom. The number of amides is 1. The molecule has 3 aromatic rings. The second-order valence-corrected chi connectivity index (χ2v) is 14.0. The molecule has 0 bridgehead atoms. The van der Waals surface area contributed by atoms with Crippen LogP contribution in [0.1, 0.15) is 74.4 Å². The van der Waals surface area contributed by atoms with Gasteiger partial charge in [-0.3, -0.25) is 24.3 Å². The summed E-state index contributed by atoms with van der Waals surface area (Å²) >= 11 is 0. The Kier molecular flexibility index (Phi) is 9.52. The van der Waals surface area contributed by atoms with Gasteiger partial charge in [0.1, 0.15) is 5.69 Å². The van der Waals surface area contributed by atoms with Gasteiger partial charge in [0.25, 0.3) is 5.91 Å². The first-order valence-corrected chi connectivity index (χ1v) is 16.9. The molecule has 0 unspecified atom stereocenters. The maximum absolute atomic E-state index is 13.1. The molecule has 0 saturated carbocycles. The summed E-state index contributed by atoms with van der Waals surface area (Å²) in [6, 6.07) is 18.0. The molecule has 2 aliphatic rings. The van der Waals surface area contributed by atoms with Crippen molar-refractivity contribution >= 4 is 27.3 Å². The molecule has 43 heavy (non-hydrogen) atoms. The van der Waals surface area contributed by atoms with Crippen molar-refractivity contribution in [2.24, 2.45) is 11.8 Å². The zero-order valence-corrected chi connectivity index (χ0v) is 25.7. The van der Waals surface area contributed by atoms with Crippen molar-refractivity contribution in [2.45, 2.75) is 50.5 Å². The van der Waals surface area contributed by atoms with Crippen molar-refractivity contribution in [3.8, 4) is 0 Å². The molecule has 0 N–H and O–H groups in total.